The van der Waals surface area contributed by atoms with Crippen LogP contribution in [0.25, 0.3) is 0 Å². The molecule has 4 unspecified atom stereocenters. The molecule has 7 N–H and O–H groups in total. The van der Waals surface area contributed by atoms with Crippen LogP contribution in [0.5, 0.6) is 0 Å². The maximum absolute atomic E-state index is 10.7. The summed E-state index contributed by atoms with van der Waals surface area (Å²) in [5.74, 6) is -0.372. The van der Waals surface area contributed by atoms with Crippen molar-refractivity contribution in [2.45, 2.75) is 76.5 Å². The van der Waals surface area contributed by atoms with Crippen molar-refractivity contribution in [2.24, 2.45) is 11.7 Å². The highest BCUT2D eigenvalue weighted by atomic mass is 16.7. The monoisotopic (exact) mass is 396 g/mol. The summed E-state index contributed by atoms with van der Waals surface area (Å²) in [7, 11) is 1.65. The Morgan fingerprint density at radius 1 is 1.04 bits per heavy atom. The highest BCUT2D eigenvalue weighted by Gasteiger charge is 2.49. The van der Waals surface area contributed by atoms with Gasteiger partial charge in [0, 0.05) is 12.5 Å². The minimum absolute atomic E-state index is 0. The summed E-state index contributed by atoms with van der Waals surface area (Å²) in [6.07, 6.45) is -6.35. The summed E-state index contributed by atoms with van der Waals surface area (Å²) in [5.41, 5.74) is 6.01. The number of aliphatic hydroxyl groups excluding tert-OH is 4. The van der Waals surface area contributed by atoms with Gasteiger partial charge in [-0.1, -0.05) is 14.4 Å². The summed E-state index contributed by atoms with van der Waals surface area (Å²) in [4.78, 5) is 0. The molecule has 162 valence electrons. The molecule has 0 bridgehead atoms. The Morgan fingerprint density at radius 2 is 1.63 bits per heavy atom. The van der Waals surface area contributed by atoms with Crippen molar-refractivity contribution in [3.63, 3.8) is 0 Å². The predicted octanol–water partition coefficient (Wildman–Crippen LogP) is -2.25. The number of nitrogens with two attached hydrogens (primary N) is 1. The second-order valence-electron chi connectivity index (χ2n) is 6.74. The Bertz CT molecular complexity index is 430. The van der Waals surface area contributed by atoms with Gasteiger partial charge < -0.3 is 50.4 Å². The van der Waals surface area contributed by atoms with Crippen LogP contribution in [0.2, 0.25) is 0 Å². The van der Waals surface area contributed by atoms with Crippen LogP contribution >= 0.6 is 0 Å². The highest BCUT2D eigenvalue weighted by molar-refractivity contribution is 4.96. The molecule has 2 heterocycles. The summed E-state index contributed by atoms with van der Waals surface area (Å²) in [6.45, 7) is 3.18. The summed E-state index contributed by atoms with van der Waals surface area (Å²) >= 11 is 0. The van der Waals surface area contributed by atoms with Gasteiger partial charge >= 0.3 is 0 Å². The first-order chi connectivity index (χ1) is 12.4. The Balaban J connectivity index is 0.00000364. The van der Waals surface area contributed by atoms with Gasteiger partial charge in [0.25, 0.3) is 0 Å². The van der Waals surface area contributed by atoms with Crippen molar-refractivity contribution >= 4 is 0 Å². The maximum Gasteiger partial charge on any atom is 0.176 e. The van der Waals surface area contributed by atoms with Gasteiger partial charge in [-0.3, -0.25) is 0 Å². The molecule has 10 nitrogen and oxygen atoms in total. The van der Waals surface area contributed by atoms with E-state index in [-0.39, 0.29) is 20.0 Å². The second-order valence-corrected chi connectivity index (χ2v) is 6.74. The van der Waals surface area contributed by atoms with Crippen molar-refractivity contribution < 1.29 is 39.4 Å². The Morgan fingerprint density at radius 3 is 2.15 bits per heavy atom. The van der Waals surface area contributed by atoms with E-state index in [0.717, 1.165) is 0 Å². The molecule has 27 heavy (non-hydrogen) atoms. The van der Waals surface area contributed by atoms with E-state index in [1.165, 1.54) is 0 Å². The van der Waals surface area contributed by atoms with Crippen molar-refractivity contribution in [3.8, 4) is 0 Å². The number of hydrogen-bond donors (Lipinski definition) is 6. The molecule has 0 aromatic rings. The van der Waals surface area contributed by atoms with E-state index in [0.29, 0.717) is 6.61 Å². The molecule has 2 aliphatic heterocycles. The van der Waals surface area contributed by atoms with Crippen LogP contribution in [-0.2, 0) is 18.9 Å². The van der Waals surface area contributed by atoms with E-state index in [4.69, 9.17) is 24.7 Å². The largest absolute Gasteiger partial charge is 0.394 e. The van der Waals surface area contributed by atoms with Crippen LogP contribution in [0, 0.1) is 5.92 Å². The molecular formula is C17H36N2O8. The van der Waals surface area contributed by atoms with Gasteiger partial charge in [-0.05, 0) is 14.0 Å². The zero-order valence-corrected chi connectivity index (χ0v) is 15.4. The van der Waals surface area contributed by atoms with Crippen LogP contribution < -0.4 is 11.1 Å². The van der Waals surface area contributed by atoms with Gasteiger partial charge in [-0.2, -0.15) is 0 Å². The lowest BCUT2D eigenvalue weighted by Gasteiger charge is -2.47. The first-order valence-electron chi connectivity index (χ1n) is 8.98. The molecule has 0 spiro atoms. The fraction of sp³-hybridized carbons (Fsp3) is 1.00. The van der Waals surface area contributed by atoms with E-state index in [2.05, 4.69) is 5.32 Å². The molecule has 10 heteroatoms. The van der Waals surface area contributed by atoms with E-state index >= 15 is 0 Å². The minimum Gasteiger partial charge on any atom is -0.394 e. The lowest BCUT2D eigenvalue weighted by molar-refractivity contribution is -0.326. The van der Waals surface area contributed by atoms with E-state index in [1.807, 2.05) is 0 Å². The minimum atomic E-state index is -1.08. The third-order valence-electron chi connectivity index (χ3n) is 5.13. The molecule has 0 aliphatic carbocycles. The molecule has 0 radical (unpaired) electrons. The molecule has 0 aromatic carbocycles. The third-order valence-corrected chi connectivity index (χ3v) is 5.13. The van der Waals surface area contributed by atoms with Gasteiger partial charge in [0.05, 0.1) is 37.5 Å². The number of ether oxygens (including phenoxy) is 4. The molecule has 2 fully saturated rings. The van der Waals surface area contributed by atoms with Crippen LogP contribution in [0.4, 0.5) is 0 Å². The number of nitrogens with one attached hydrogen (secondary N) is 1. The van der Waals surface area contributed by atoms with E-state index < -0.39 is 61.8 Å². The van der Waals surface area contributed by atoms with Crippen molar-refractivity contribution in [1.29, 1.82) is 0 Å². The van der Waals surface area contributed by atoms with E-state index in [9.17, 15) is 20.4 Å². The number of hydrogen-bond acceptors (Lipinski definition) is 10. The third kappa shape index (κ3) is 5.15. The highest BCUT2D eigenvalue weighted by Crippen LogP contribution is 2.30. The van der Waals surface area contributed by atoms with Crippen LogP contribution in [0.15, 0.2) is 0 Å². The number of aliphatic hydroxyl groups is 4. The molecule has 2 saturated heterocycles. The van der Waals surface area contributed by atoms with E-state index in [1.54, 1.807) is 20.9 Å². The zero-order chi connectivity index (χ0) is 19.4. The van der Waals surface area contributed by atoms with Gasteiger partial charge in [-0.25, -0.2) is 0 Å². The summed E-state index contributed by atoms with van der Waals surface area (Å²) in [5, 5.41) is 43.0. The average molecular weight is 396 g/mol. The predicted molar refractivity (Wildman–Crippen MR) is 96.7 cm³/mol. The van der Waals surface area contributed by atoms with Gasteiger partial charge in [0.2, 0.25) is 0 Å². The number of rotatable bonds is 7. The lowest BCUT2D eigenvalue weighted by Crippen LogP contribution is -2.67. The van der Waals surface area contributed by atoms with Crippen LogP contribution in [0.1, 0.15) is 21.3 Å². The molecular weight excluding hydrogens is 360 g/mol. The molecule has 10 atom stereocenters. The SMILES string of the molecule is C.CCO[C@H]1OC(CO)[C@@H](O[C@@H]2OC(CO)[C@H](C)[C@H](O)C2N)C(O)[C@H]1NC. The first-order valence-corrected chi connectivity index (χ1v) is 8.98. The maximum atomic E-state index is 10.7. The standard InChI is InChI=1S/C16H32N2O8.CH4/c1-4-23-16-11(18-3)13(22)14(9(6-20)25-16)26-15-10(17)12(21)7(2)8(5-19)24-15;/h7-16,18-22H,4-6,17H2,1-3H3;1H4/t7-,8?,9?,10?,11+,12-,13?,14+,15-,16-;/m0./s1. The van der Waals surface area contributed by atoms with Gasteiger partial charge in [0.15, 0.2) is 12.6 Å². The van der Waals surface area contributed by atoms with Crippen LogP contribution in [0.3, 0.4) is 0 Å². The van der Waals surface area contributed by atoms with Crippen LogP contribution in [-0.4, -0.2) is 102 Å². The fourth-order valence-electron chi connectivity index (χ4n) is 3.45. The molecule has 0 amide bonds. The zero-order valence-electron chi connectivity index (χ0n) is 15.4. The molecule has 2 rings (SSSR count). The smallest absolute Gasteiger partial charge is 0.176 e. The number of likely N-dealkylation sites (N-methyl/N-ethyl adjacent to an activating group) is 1. The quantitative estimate of drug-likeness (QED) is 0.278. The molecule has 0 saturated carbocycles. The van der Waals surface area contributed by atoms with Crippen molar-refractivity contribution in [2.75, 3.05) is 26.9 Å². The molecule has 2 aliphatic rings. The summed E-state index contributed by atoms with van der Waals surface area (Å²) < 4.78 is 22.7. The topological polar surface area (TPSA) is 156 Å². The normalized spacial score (nSPS) is 45.3. The second kappa shape index (κ2) is 11.0. The van der Waals surface area contributed by atoms with Crippen molar-refractivity contribution in [3.05, 3.63) is 0 Å². The average Bonchev–Trinajstić information content (AvgIpc) is 2.64. The Labute approximate surface area is 160 Å². The Hall–Kier alpha value is -0.400. The Kier molecular flexibility index (Phi) is 10.00. The lowest BCUT2D eigenvalue weighted by atomic mass is 9.89. The van der Waals surface area contributed by atoms with Gasteiger partial charge in [0.1, 0.15) is 18.3 Å². The molecule has 0 aromatic heterocycles. The summed E-state index contributed by atoms with van der Waals surface area (Å²) in [6, 6.07) is -1.47. The van der Waals surface area contributed by atoms with Gasteiger partial charge in [-0.15, -0.1) is 0 Å². The first kappa shape index (κ1) is 24.6. The fourth-order valence-corrected chi connectivity index (χ4v) is 3.45. The van der Waals surface area contributed by atoms with Crippen molar-refractivity contribution in [1.82, 2.24) is 5.32 Å².